The average molecular weight is 1210 g/mol. The number of halogens is 1. The van der Waals surface area contributed by atoms with Gasteiger partial charge in [-0.3, -0.25) is 4.98 Å². The fraction of sp³-hybridized carbons (Fsp3) is 0.667. The van der Waals surface area contributed by atoms with Gasteiger partial charge in [-0.25, -0.2) is 14.6 Å². The second-order valence-electron chi connectivity index (χ2n) is 26.3. The van der Waals surface area contributed by atoms with Crippen molar-refractivity contribution >= 4 is 37.0 Å². The van der Waals surface area contributed by atoms with Crippen LogP contribution >= 0.6 is 19.5 Å². The van der Waals surface area contributed by atoms with Crippen LogP contribution in [0.1, 0.15) is 234 Å². The number of ether oxygens (including phenoxy) is 4. The number of pyridine rings is 2. The van der Waals surface area contributed by atoms with E-state index in [1.807, 2.05) is 64.8 Å². The molecule has 4 fully saturated rings. The lowest BCUT2D eigenvalue weighted by atomic mass is 9.93. The molecule has 2 aromatic heterocycles. The number of amides is 2. The molecular weight excluding hydrogens is 1100 g/mol. The van der Waals surface area contributed by atoms with Crippen LogP contribution in [0.25, 0.3) is 11.1 Å². The molecule has 0 radical (unpaired) electrons. The van der Waals surface area contributed by atoms with E-state index in [9.17, 15) is 9.59 Å². The zero-order valence-corrected chi connectivity index (χ0v) is 56.0. The summed E-state index contributed by atoms with van der Waals surface area (Å²) in [7, 11) is -0.0489. The van der Waals surface area contributed by atoms with Crippen molar-refractivity contribution in [2.45, 2.75) is 264 Å². The number of aryl methyl sites for hydroxylation is 1. The van der Waals surface area contributed by atoms with Gasteiger partial charge in [0.05, 0.1) is 25.6 Å². The molecule has 2 saturated heterocycles. The number of hydrogen-bond donors (Lipinski definition) is 1. The lowest BCUT2D eigenvalue weighted by Gasteiger charge is -2.39. The predicted octanol–water partition coefficient (Wildman–Crippen LogP) is 19.3. The minimum Gasteiger partial charge on any atom is -0.492 e. The first-order valence-electron chi connectivity index (χ1n) is 33.4. The highest BCUT2D eigenvalue weighted by Crippen LogP contribution is 2.56. The van der Waals surface area contributed by atoms with Crippen LogP contribution in [-0.2, 0) is 15.9 Å². The molecule has 2 aliphatic carbocycles. The van der Waals surface area contributed by atoms with E-state index in [-0.39, 0.29) is 26.1 Å². The number of carbonyl (C=O) groups excluding carboxylic acids is 2. The number of aromatic nitrogens is 2. The number of nitrogens with zero attached hydrogens (tertiary/aromatic N) is 4. The fourth-order valence-electron chi connectivity index (χ4n) is 11.9. The van der Waals surface area contributed by atoms with Crippen molar-refractivity contribution in [1.82, 2.24) is 19.8 Å². The molecule has 13 heteroatoms. The summed E-state index contributed by atoms with van der Waals surface area (Å²) in [5.74, 6) is 2.08. The van der Waals surface area contributed by atoms with Gasteiger partial charge < -0.3 is 34.5 Å². The predicted molar refractivity (Wildman–Crippen MR) is 357 cm³/mol. The number of carbonyl (C=O) groups is 2. The molecule has 2 aromatic carbocycles. The van der Waals surface area contributed by atoms with E-state index in [1.54, 1.807) is 22.5 Å². The van der Waals surface area contributed by atoms with Gasteiger partial charge >= 0.3 is 12.2 Å². The molecule has 4 aliphatic rings. The number of nitrogens with two attached hydrogens (primary N) is 1. The Bertz CT molecular complexity index is 2420. The van der Waals surface area contributed by atoms with Crippen molar-refractivity contribution in [3.8, 4) is 22.6 Å². The number of likely N-dealkylation sites (tertiary alicyclic amines) is 2. The third-order valence-corrected chi connectivity index (χ3v) is 20.1. The SMILES string of the molecule is CC(C)(C)OC(=O)N1CCCC(N)C1.CCCCCCCCOc1ccc(CC2CCCN(C(=O)OC(C)(C)C)C2)nc1.CCCCCCCCOc1ccc(Cl)nc1.Cc1ccccc1-c1ccccc1P(C1CCCCC1)C1CCCCC1. The minimum atomic E-state index is -0.447. The molecule has 85 heavy (non-hydrogen) atoms. The van der Waals surface area contributed by atoms with E-state index in [2.05, 4.69) is 85.3 Å². The lowest BCUT2D eigenvalue weighted by Crippen LogP contribution is -2.47. The molecule has 2 amide bonds. The Labute approximate surface area is 522 Å². The second kappa shape index (κ2) is 39.5. The van der Waals surface area contributed by atoms with Crippen molar-refractivity contribution in [2.75, 3.05) is 39.4 Å². The van der Waals surface area contributed by atoms with Crippen molar-refractivity contribution in [3.05, 3.63) is 102 Å². The van der Waals surface area contributed by atoms with E-state index in [4.69, 9.17) is 36.3 Å². The first kappa shape index (κ1) is 71.3. The smallest absolute Gasteiger partial charge is 0.410 e. The van der Waals surface area contributed by atoms with Crippen LogP contribution in [0.15, 0.2) is 85.2 Å². The van der Waals surface area contributed by atoms with Crippen molar-refractivity contribution in [2.24, 2.45) is 11.7 Å². The molecule has 2 saturated carbocycles. The van der Waals surface area contributed by atoms with Gasteiger partial charge in [-0.05, 0) is 183 Å². The second-order valence-corrected chi connectivity index (χ2v) is 29.5. The maximum atomic E-state index is 12.3. The van der Waals surface area contributed by atoms with Gasteiger partial charge in [-0.15, -0.1) is 0 Å². The van der Waals surface area contributed by atoms with Gasteiger partial charge in [-0.2, -0.15) is 0 Å². The Balaban J connectivity index is 0.000000216. The van der Waals surface area contributed by atoms with Gasteiger partial charge in [0, 0.05) is 37.9 Å². The third-order valence-electron chi connectivity index (χ3n) is 16.4. The molecule has 2 aliphatic heterocycles. The monoisotopic (exact) mass is 1210 g/mol. The van der Waals surface area contributed by atoms with Gasteiger partial charge in [0.25, 0.3) is 0 Å². The molecular formula is C72H113ClN5O6P. The van der Waals surface area contributed by atoms with Crippen molar-refractivity contribution < 1.29 is 28.5 Å². The zero-order chi connectivity index (χ0) is 61.3. The normalized spacial score (nSPS) is 17.7. The molecule has 2 atom stereocenters. The molecule has 0 spiro atoms. The summed E-state index contributed by atoms with van der Waals surface area (Å²) >= 11 is 5.68. The van der Waals surface area contributed by atoms with Crippen LogP contribution in [-0.4, -0.2) is 99.9 Å². The fourth-order valence-corrected chi connectivity index (χ4v) is 16.0. The van der Waals surface area contributed by atoms with E-state index in [0.717, 1.165) is 106 Å². The topological polar surface area (TPSA) is 129 Å². The quantitative estimate of drug-likeness (QED) is 0.0464. The Hall–Kier alpha value is -4.44. The molecule has 4 aromatic rings. The van der Waals surface area contributed by atoms with Crippen molar-refractivity contribution in [1.29, 1.82) is 0 Å². The first-order chi connectivity index (χ1) is 40.9. The van der Waals surface area contributed by atoms with Crippen LogP contribution in [0.2, 0.25) is 5.15 Å². The first-order valence-corrected chi connectivity index (χ1v) is 35.3. The Morgan fingerprint density at radius 3 is 1.54 bits per heavy atom. The molecule has 4 heterocycles. The third kappa shape index (κ3) is 28.5. The number of hydrogen-bond acceptors (Lipinski definition) is 9. The Morgan fingerprint density at radius 1 is 0.565 bits per heavy atom. The molecule has 2 N–H and O–H groups in total. The summed E-state index contributed by atoms with van der Waals surface area (Å²) in [4.78, 5) is 36.0. The highest BCUT2D eigenvalue weighted by Gasteiger charge is 2.34. The summed E-state index contributed by atoms with van der Waals surface area (Å²) in [5.41, 5.74) is 12.3. The van der Waals surface area contributed by atoms with Crippen LogP contribution in [0.4, 0.5) is 9.59 Å². The summed E-state index contributed by atoms with van der Waals surface area (Å²) in [6.07, 6.45) is 38.0. The summed E-state index contributed by atoms with van der Waals surface area (Å²) in [6.45, 7) is 22.5. The number of unbranched alkanes of at least 4 members (excludes halogenated alkanes) is 10. The van der Waals surface area contributed by atoms with Gasteiger partial charge in [-0.1, -0.05) is 185 Å². The van der Waals surface area contributed by atoms with Gasteiger partial charge in [0.1, 0.15) is 27.9 Å². The molecule has 474 valence electrons. The van der Waals surface area contributed by atoms with Crippen LogP contribution in [0, 0.1) is 12.8 Å². The molecule has 11 nitrogen and oxygen atoms in total. The maximum Gasteiger partial charge on any atom is 0.410 e. The lowest BCUT2D eigenvalue weighted by molar-refractivity contribution is 0.0163. The van der Waals surface area contributed by atoms with Gasteiger partial charge in [0.15, 0.2) is 0 Å². The van der Waals surface area contributed by atoms with E-state index in [1.165, 1.54) is 145 Å². The molecule has 2 unspecified atom stereocenters. The van der Waals surface area contributed by atoms with E-state index >= 15 is 0 Å². The average Bonchev–Trinajstić information content (AvgIpc) is 2.23. The standard InChI is InChI=1S/C25H33P.C24H40N2O3.C13H20ClNO.C10H20N2O2/c1-20-12-8-9-17-23(20)24-18-10-11-19-25(24)26(21-13-4-2-5-14-21)22-15-6-3-7-16-22;1-5-6-7-8-9-10-16-28-22-14-13-21(25-18-22)17-20-12-11-15-26(19-20)23(27)29-24(2,3)4;1-2-3-4-5-6-7-10-16-12-8-9-13(14)15-11-12;1-10(2,3)14-9(13)12-6-4-5-8(11)7-12/h8-12,17-19,21-22H,2-7,13-16H2,1H3;13-14,18,20H,5-12,15-17,19H2,1-4H3;8-9,11H,2-7,10H2,1H3;8H,4-7,11H2,1-3H3. The molecule has 0 bridgehead atoms. The zero-order valence-electron chi connectivity index (χ0n) is 54.4. The van der Waals surface area contributed by atoms with Gasteiger partial charge in [0.2, 0.25) is 0 Å². The summed E-state index contributed by atoms with van der Waals surface area (Å²) in [6, 6.07) is 26.2. The van der Waals surface area contributed by atoms with Crippen molar-refractivity contribution in [3.63, 3.8) is 0 Å². The van der Waals surface area contributed by atoms with E-state index < -0.39 is 11.2 Å². The number of piperidine rings is 2. The minimum absolute atomic E-state index is 0.0489. The number of rotatable bonds is 22. The molecule has 8 rings (SSSR count). The van der Waals surface area contributed by atoms with Crippen LogP contribution < -0.4 is 20.5 Å². The largest absolute Gasteiger partial charge is 0.492 e. The highest BCUT2D eigenvalue weighted by atomic mass is 35.5. The summed E-state index contributed by atoms with van der Waals surface area (Å²) < 4.78 is 22.1. The van der Waals surface area contributed by atoms with Crippen LogP contribution in [0.5, 0.6) is 11.5 Å². The maximum absolute atomic E-state index is 12.3. The number of benzene rings is 2. The Kier molecular flexibility index (Phi) is 33.1. The van der Waals surface area contributed by atoms with E-state index in [0.29, 0.717) is 17.6 Å². The van der Waals surface area contributed by atoms with Crippen LogP contribution in [0.3, 0.4) is 0 Å². The summed E-state index contributed by atoms with van der Waals surface area (Å²) in [5, 5.41) is 2.22. The Morgan fingerprint density at radius 2 is 1.05 bits per heavy atom. The highest BCUT2D eigenvalue weighted by molar-refractivity contribution is 7.67.